The van der Waals surface area contributed by atoms with E-state index in [4.69, 9.17) is 10.8 Å². The lowest BCUT2D eigenvalue weighted by molar-refractivity contribution is 0.165. The number of aromatic nitrogens is 2. The van der Waals surface area contributed by atoms with Crippen molar-refractivity contribution in [3.63, 3.8) is 0 Å². The van der Waals surface area contributed by atoms with Crippen LogP contribution in [0, 0.1) is 0 Å². The Kier molecular flexibility index (Phi) is 3.07. The minimum atomic E-state index is -0.404. The summed E-state index contributed by atoms with van der Waals surface area (Å²) in [6.45, 7) is 1.05. The molecule has 11 heavy (non-hydrogen) atoms. The van der Waals surface area contributed by atoms with E-state index >= 15 is 0 Å². The molecule has 0 aliphatic rings. The number of aryl methyl sites for hydroxylation is 1. The number of hydrogen-bond acceptors (Lipinski definition) is 3. The smallest absolute Gasteiger partial charge is 0.0680 e. The summed E-state index contributed by atoms with van der Waals surface area (Å²) in [5.41, 5.74) is 5.23. The highest BCUT2D eigenvalue weighted by atomic mass is 16.3. The van der Waals surface area contributed by atoms with E-state index in [-0.39, 0.29) is 0 Å². The van der Waals surface area contributed by atoms with Gasteiger partial charge in [-0.25, -0.2) is 0 Å². The van der Waals surface area contributed by atoms with Crippen LogP contribution in [0.5, 0.6) is 0 Å². The van der Waals surface area contributed by atoms with Crippen LogP contribution in [0.3, 0.4) is 0 Å². The Balaban J connectivity index is 2.23. The predicted octanol–water partition coefficient (Wildman–Crippen LogP) is -0.407. The van der Waals surface area contributed by atoms with Gasteiger partial charge in [-0.05, 0) is 12.5 Å². The van der Waals surface area contributed by atoms with Crippen LogP contribution in [0.4, 0.5) is 0 Å². The van der Waals surface area contributed by atoms with E-state index in [9.17, 15) is 0 Å². The van der Waals surface area contributed by atoms with E-state index in [1.807, 2.05) is 12.3 Å². The summed E-state index contributed by atoms with van der Waals surface area (Å²) in [6, 6.07) is 1.86. The fourth-order valence-corrected chi connectivity index (χ4v) is 0.832. The van der Waals surface area contributed by atoms with E-state index in [0.717, 1.165) is 6.54 Å². The van der Waals surface area contributed by atoms with Gasteiger partial charge in [0.05, 0.1) is 6.10 Å². The zero-order valence-electron chi connectivity index (χ0n) is 6.35. The molecule has 0 bridgehead atoms. The lowest BCUT2D eigenvalue weighted by atomic mass is 10.2. The van der Waals surface area contributed by atoms with Gasteiger partial charge in [-0.15, -0.1) is 0 Å². The van der Waals surface area contributed by atoms with Crippen LogP contribution >= 0.6 is 0 Å². The Labute approximate surface area is 65.6 Å². The van der Waals surface area contributed by atoms with E-state index in [1.165, 1.54) is 0 Å². The molecule has 0 saturated carbocycles. The van der Waals surface area contributed by atoms with E-state index in [2.05, 4.69) is 5.10 Å². The summed E-state index contributed by atoms with van der Waals surface area (Å²) < 4.78 is 1.78. The van der Waals surface area contributed by atoms with Gasteiger partial charge in [-0.2, -0.15) is 5.10 Å². The summed E-state index contributed by atoms with van der Waals surface area (Å²) in [6.07, 6.45) is 3.84. The van der Waals surface area contributed by atoms with Gasteiger partial charge in [0.25, 0.3) is 0 Å². The SMILES string of the molecule is NC[C@@H](O)CCn1cccn1. The Morgan fingerprint density at radius 2 is 2.45 bits per heavy atom. The van der Waals surface area contributed by atoms with Crippen molar-refractivity contribution in [2.75, 3.05) is 6.54 Å². The molecule has 0 fully saturated rings. The molecule has 0 aromatic carbocycles. The minimum absolute atomic E-state index is 0.321. The number of hydrogen-bond donors (Lipinski definition) is 2. The maximum Gasteiger partial charge on any atom is 0.0680 e. The van der Waals surface area contributed by atoms with Crippen molar-refractivity contribution >= 4 is 0 Å². The van der Waals surface area contributed by atoms with Crippen molar-refractivity contribution in [1.82, 2.24) is 9.78 Å². The highest BCUT2D eigenvalue weighted by molar-refractivity contribution is 4.77. The van der Waals surface area contributed by atoms with Gasteiger partial charge >= 0.3 is 0 Å². The Hall–Kier alpha value is -0.870. The molecule has 4 heteroatoms. The molecule has 0 unspecified atom stereocenters. The lowest BCUT2D eigenvalue weighted by Gasteiger charge is -2.06. The van der Waals surface area contributed by atoms with E-state index in [0.29, 0.717) is 13.0 Å². The maximum atomic E-state index is 9.09. The first-order valence-corrected chi connectivity index (χ1v) is 3.68. The second kappa shape index (κ2) is 4.10. The first-order valence-electron chi connectivity index (χ1n) is 3.68. The number of nitrogens with two attached hydrogens (primary N) is 1. The van der Waals surface area contributed by atoms with Crippen molar-refractivity contribution < 1.29 is 5.11 Å². The number of aliphatic hydroxyl groups is 1. The molecule has 0 radical (unpaired) electrons. The second-order valence-corrected chi connectivity index (χ2v) is 2.45. The summed E-state index contributed by atoms with van der Waals surface area (Å²) in [5, 5.41) is 13.1. The van der Waals surface area contributed by atoms with Crippen molar-refractivity contribution in [3.05, 3.63) is 18.5 Å². The normalized spacial score (nSPS) is 13.3. The molecule has 1 rings (SSSR count). The molecule has 1 aromatic heterocycles. The van der Waals surface area contributed by atoms with Gasteiger partial charge in [0.1, 0.15) is 0 Å². The molecule has 62 valence electrons. The van der Waals surface area contributed by atoms with Crippen LogP contribution in [-0.4, -0.2) is 27.5 Å². The third-order valence-electron chi connectivity index (χ3n) is 1.52. The monoisotopic (exact) mass is 155 g/mol. The quantitative estimate of drug-likeness (QED) is 0.621. The summed E-state index contributed by atoms with van der Waals surface area (Å²) in [5.74, 6) is 0. The van der Waals surface area contributed by atoms with Gasteiger partial charge < -0.3 is 10.8 Å². The molecule has 4 nitrogen and oxygen atoms in total. The fourth-order valence-electron chi connectivity index (χ4n) is 0.832. The van der Waals surface area contributed by atoms with Gasteiger partial charge in [0, 0.05) is 25.5 Å². The molecule has 0 amide bonds. The van der Waals surface area contributed by atoms with Crippen LogP contribution < -0.4 is 5.73 Å². The number of nitrogens with zero attached hydrogens (tertiary/aromatic N) is 2. The highest BCUT2D eigenvalue weighted by Crippen LogP contribution is 1.93. The predicted molar refractivity (Wildman–Crippen MR) is 41.9 cm³/mol. The number of aliphatic hydroxyl groups excluding tert-OH is 1. The van der Waals surface area contributed by atoms with E-state index < -0.39 is 6.10 Å². The van der Waals surface area contributed by atoms with Crippen LogP contribution in [-0.2, 0) is 6.54 Å². The molecule has 0 saturated heterocycles. The zero-order chi connectivity index (χ0) is 8.10. The standard InChI is InChI=1S/C7H13N3O/c8-6-7(11)2-5-10-4-1-3-9-10/h1,3-4,7,11H,2,5-6,8H2/t7-/m0/s1. The largest absolute Gasteiger partial charge is 0.392 e. The van der Waals surface area contributed by atoms with Gasteiger partial charge in [0.2, 0.25) is 0 Å². The van der Waals surface area contributed by atoms with Crippen molar-refractivity contribution in [2.24, 2.45) is 5.73 Å². The molecule has 0 aliphatic heterocycles. The average molecular weight is 155 g/mol. The molecule has 1 aromatic rings. The van der Waals surface area contributed by atoms with Crippen LogP contribution in [0.2, 0.25) is 0 Å². The molecule has 3 N–H and O–H groups in total. The molecule has 0 aliphatic carbocycles. The first-order chi connectivity index (χ1) is 5.33. The van der Waals surface area contributed by atoms with Gasteiger partial charge in [-0.1, -0.05) is 0 Å². The van der Waals surface area contributed by atoms with Crippen LogP contribution in [0.15, 0.2) is 18.5 Å². The molecule has 1 atom stereocenters. The summed E-state index contributed by atoms with van der Waals surface area (Å²) in [4.78, 5) is 0. The summed E-state index contributed by atoms with van der Waals surface area (Å²) in [7, 11) is 0. The third kappa shape index (κ3) is 2.69. The average Bonchev–Trinajstić information content (AvgIpc) is 2.52. The van der Waals surface area contributed by atoms with Crippen molar-refractivity contribution in [3.8, 4) is 0 Å². The molecule has 0 spiro atoms. The fraction of sp³-hybridized carbons (Fsp3) is 0.571. The zero-order valence-corrected chi connectivity index (χ0v) is 6.35. The van der Waals surface area contributed by atoms with Crippen LogP contribution in [0.25, 0.3) is 0 Å². The Morgan fingerprint density at radius 3 is 3.00 bits per heavy atom. The topological polar surface area (TPSA) is 64.1 Å². The van der Waals surface area contributed by atoms with Crippen LogP contribution in [0.1, 0.15) is 6.42 Å². The third-order valence-corrected chi connectivity index (χ3v) is 1.52. The Bertz CT molecular complexity index is 186. The van der Waals surface area contributed by atoms with Gasteiger partial charge in [-0.3, -0.25) is 4.68 Å². The highest BCUT2D eigenvalue weighted by Gasteiger charge is 2.00. The molecular weight excluding hydrogens is 142 g/mol. The van der Waals surface area contributed by atoms with Crippen molar-refractivity contribution in [2.45, 2.75) is 19.1 Å². The molecule has 1 heterocycles. The first kappa shape index (κ1) is 8.23. The maximum absolute atomic E-state index is 9.09. The Morgan fingerprint density at radius 1 is 1.64 bits per heavy atom. The van der Waals surface area contributed by atoms with Crippen molar-refractivity contribution in [1.29, 1.82) is 0 Å². The second-order valence-electron chi connectivity index (χ2n) is 2.45. The lowest BCUT2D eigenvalue weighted by Crippen LogP contribution is -2.21. The number of rotatable bonds is 4. The summed E-state index contributed by atoms with van der Waals surface area (Å²) >= 11 is 0. The van der Waals surface area contributed by atoms with Gasteiger partial charge in [0.15, 0.2) is 0 Å². The minimum Gasteiger partial charge on any atom is -0.392 e. The molecular formula is C7H13N3O. The van der Waals surface area contributed by atoms with E-state index in [1.54, 1.807) is 10.9 Å².